The highest BCUT2D eigenvalue weighted by Gasteiger charge is 2.38. The van der Waals surface area contributed by atoms with Gasteiger partial charge < -0.3 is 14.5 Å². The lowest BCUT2D eigenvalue weighted by Gasteiger charge is -2.25. The van der Waals surface area contributed by atoms with Crippen LogP contribution in [0.5, 0.6) is 0 Å². The fraction of sp³-hybridized carbons (Fsp3) is 0.333. The van der Waals surface area contributed by atoms with Crippen molar-refractivity contribution in [3.63, 3.8) is 0 Å². The molecule has 1 aliphatic heterocycles. The Morgan fingerprint density at radius 3 is 2.59 bits per heavy atom. The first-order valence-electron chi connectivity index (χ1n) is 8.96. The second-order valence-electron chi connectivity index (χ2n) is 6.59. The van der Waals surface area contributed by atoms with Gasteiger partial charge in [0.1, 0.15) is 5.82 Å². The zero-order valence-electron chi connectivity index (χ0n) is 15.3. The summed E-state index contributed by atoms with van der Waals surface area (Å²) in [7, 11) is 1.59. The van der Waals surface area contributed by atoms with E-state index >= 15 is 0 Å². The van der Waals surface area contributed by atoms with Crippen molar-refractivity contribution in [2.45, 2.75) is 13.0 Å². The summed E-state index contributed by atoms with van der Waals surface area (Å²) in [6, 6.07) is 15.8. The molecule has 5 nitrogen and oxygen atoms in total. The smallest absolute Gasteiger partial charge is 0.228 e. The van der Waals surface area contributed by atoms with E-state index in [2.05, 4.69) is 0 Å². The quantitative estimate of drug-likeness (QED) is 0.753. The first-order valence-corrected chi connectivity index (χ1v) is 8.96. The number of amides is 2. The molecule has 1 heterocycles. The Hall–Kier alpha value is -2.73. The highest BCUT2D eigenvalue weighted by molar-refractivity contribution is 6.00. The normalized spacial score (nSPS) is 16.6. The van der Waals surface area contributed by atoms with E-state index in [0.717, 1.165) is 5.56 Å². The summed E-state index contributed by atoms with van der Waals surface area (Å²) in [6.07, 6.45) is 0.0887. The SMILES string of the molecule is COCCN(Cc1ccccc1)C(=O)[C@@H]1CC(=O)N(c2ccccc2F)C1. The molecule has 6 heteroatoms. The van der Waals surface area contributed by atoms with Crippen molar-refractivity contribution in [3.8, 4) is 0 Å². The number of carbonyl (C=O) groups excluding carboxylic acids is 2. The maximum atomic E-state index is 14.0. The van der Waals surface area contributed by atoms with Crippen molar-refractivity contribution >= 4 is 17.5 Å². The molecule has 1 atom stereocenters. The molecule has 0 unspecified atom stereocenters. The standard InChI is InChI=1S/C21H23FN2O3/c1-27-12-11-23(14-16-7-3-2-4-8-16)21(26)17-13-20(25)24(15-17)19-10-6-5-9-18(19)22/h2-10,17H,11-15H2,1H3/t17-/m1/s1. The Morgan fingerprint density at radius 2 is 1.89 bits per heavy atom. The third kappa shape index (κ3) is 4.52. The van der Waals surface area contributed by atoms with E-state index in [0.29, 0.717) is 19.7 Å². The van der Waals surface area contributed by atoms with Gasteiger partial charge in [0.15, 0.2) is 0 Å². The van der Waals surface area contributed by atoms with E-state index in [1.807, 2.05) is 30.3 Å². The average Bonchev–Trinajstić information content (AvgIpc) is 3.07. The maximum Gasteiger partial charge on any atom is 0.228 e. The Morgan fingerprint density at radius 1 is 1.19 bits per heavy atom. The Kier molecular flexibility index (Phi) is 6.19. The van der Waals surface area contributed by atoms with Crippen molar-refractivity contribution in [2.75, 3.05) is 31.7 Å². The molecular weight excluding hydrogens is 347 g/mol. The maximum absolute atomic E-state index is 14.0. The lowest BCUT2D eigenvalue weighted by atomic mass is 10.1. The number of anilines is 1. The van der Waals surface area contributed by atoms with Crippen molar-refractivity contribution in [1.29, 1.82) is 0 Å². The molecule has 3 rings (SSSR count). The fourth-order valence-corrected chi connectivity index (χ4v) is 3.31. The second kappa shape index (κ2) is 8.77. The number of rotatable bonds is 7. The molecule has 0 radical (unpaired) electrons. The Labute approximate surface area is 158 Å². The van der Waals surface area contributed by atoms with Gasteiger partial charge in [0.25, 0.3) is 0 Å². The highest BCUT2D eigenvalue weighted by atomic mass is 19.1. The van der Waals surface area contributed by atoms with Crippen LogP contribution in [-0.2, 0) is 20.9 Å². The Balaban J connectivity index is 1.74. The van der Waals surface area contributed by atoms with Gasteiger partial charge in [-0.15, -0.1) is 0 Å². The minimum atomic E-state index is -0.488. The number of methoxy groups -OCH3 is 1. The third-order valence-electron chi connectivity index (χ3n) is 4.71. The van der Waals surface area contributed by atoms with Crippen LogP contribution in [0.25, 0.3) is 0 Å². The molecule has 2 amide bonds. The van der Waals surface area contributed by atoms with Crippen LogP contribution < -0.4 is 4.90 Å². The van der Waals surface area contributed by atoms with Crippen molar-refractivity contribution in [3.05, 3.63) is 66.0 Å². The summed E-state index contributed by atoms with van der Waals surface area (Å²) in [5.41, 5.74) is 1.24. The van der Waals surface area contributed by atoms with Gasteiger partial charge in [0.05, 0.1) is 18.2 Å². The van der Waals surface area contributed by atoms with E-state index in [4.69, 9.17) is 4.74 Å². The Bertz CT molecular complexity index is 797. The molecule has 0 spiro atoms. The number of hydrogen-bond acceptors (Lipinski definition) is 3. The minimum absolute atomic E-state index is 0.0887. The van der Waals surface area contributed by atoms with E-state index in [-0.39, 0.29) is 30.5 Å². The monoisotopic (exact) mass is 370 g/mol. The number of para-hydroxylation sites is 1. The van der Waals surface area contributed by atoms with Crippen LogP contribution >= 0.6 is 0 Å². The van der Waals surface area contributed by atoms with E-state index in [1.54, 1.807) is 30.2 Å². The molecular formula is C21H23FN2O3. The molecule has 0 bridgehead atoms. The van der Waals surface area contributed by atoms with Gasteiger partial charge in [0.2, 0.25) is 11.8 Å². The number of nitrogens with zero attached hydrogens (tertiary/aromatic N) is 2. The zero-order valence-corrected chi connectivity index (χ0v) is 15.3. The summed E-state index contributed by atoms with van der Waals surface area (Å²) in [6.45, 7) is 1.50. The molecule has 1 fully saturated rings. The van der Waals surface area contributed by atoms with Crippen LogP contribution in [0.2, 0.25) is 0 Å². The molecule has 0 N–H and O–H groups in total. The number of halogens is 1. The molecule has 2 aromatic rings. The predicted molar refractivity (Wildman–Crippen MR) is 101 cm³/mol. The van der Waals surface area contributed by atoms with Crippen molar-refractivity contribution in [2.24, 2.45) is 5.92 Å². The predicted octanol–water partition coefficient (Wildman–Crippen LogP) is 2.85. The zero-order chi connectivity index (χ0) is 19.2. The van der Waals surface area contributed by atoms with E-state index in [1.165, 1.54) is 11.0 Å². The van der Waals surface area contributed by atoms with Crippen molar-refractivity contribution < 1.29 is 18.7 Å². The van der Waals surface area contributed by atoms with Crippen LogP contribution in [0.1, 0.15) is 12.0 Å². The molecule has 142 valence electrons. The van der Waals surface area contributed by atoms with Crippen molar-refractivity contribution in [1.82, 2.24) is 4.90 Å². The third-order valence-corrected chi connectivity index (χ3v) is 4.71. The molecule has 1 aliphatic rings. The first kappa shape index (κ1) is 19.0. The van der Waals surface area contributed by atoms with E-state index < -0.39 is 11.7 Å². The van der Waals surface area contributed by atoms with Gasteiger partial charge in [-0.2, -0.15) is 0 Å². The van der Waals surface area contributed by atoms with Crippen LogP contribution in [0.15, 0.2) is 54.6 Å². The van der Waals surface area contributed by atoms with Gasteiger partial charge in [0, 0.05) is 33.2 Å². The van der Waals surface area contributed by atoms with Crippen LogP contribution in [-0.4, -0.2) is 43.5 Å². The first-order chi connectivity index (χ1) is 13.1. The summed E-state index contributed by atoms with van der Waals surface area (Å²) in [5, 5.41) is 0. The lowest BCUT2D eigenvalue weighted by Crippen LogP contribution is -2.39. The van der Waals surface area contributed by atoms with Crippen LogP contribution in [0, 0.1) is 11.7 Å². The lowest BCUT2D eigenvalue weighted by molar-refractivity contribution is -0.137. The molecule has 27 heavy (non-hydrogen) atoms. The average molecular weight is 370 g/mol. The molecule has 0 aliphatic carbocycles. The fourth-order valence-electron chi connectivity index (χ4n) is 3.31. The summed E-state index contributed by atoms with van der Waals surface area (Å²) < 4.78 is 19.2. The number of carbonyl (C=O) groups is 2. The number of ether oxygens (including phenoxy) is 1. The molecule has 0 aromatic heterocycles. The number of benzene rings is 2. The van der Waals surface area contributed by atoms with Gasteiger partial charge >= 0.3 is 0 Å². The minimum Gasteiger partial charge on any atom is -0.383 e. The van der Waals surface area contributed by atoms with Gasteiger partial charge in [-0.3, -0.25) is 9.59 Å². The van der Waals surface area contributed by atoms with E-state index in [9.17, 15) is 14.0 Å². The largest absolute Gasteiger partial charge is 0.383 e. The van der Waals surface area contributed by atoms with Gasteiger partial charge in [-0.25, -0.2) is 4.39 Å². The molecule has 1 saturated heterocycles. The topological polar surface area (TPSA) is 49.9 Å². The highest BCUT2D eigenvalue weighted by Crippen LogP contribution is 2.28. The summed E-state index contributed by atoms with van der Waals surface area (Å²) in [4.78, 5) is 28.5. The molecule has 2 aromatic carbocycles. The molecule has 0 saturated carbocycles. The van der Waals surface area contributed by atoms with Gasteiger partial charge in [-0.1, -0.05) is 42.5 Å². The summed E-state index contributed by atoms with van der Waals surface area (Å²) >= 11 is 0. The van der Waals surface area contributed by atoms with Crippen LogP contribution in [0.4, 0.5) is 10.1 Å². The van der Waals surface area contributed by atoms with Crippen LogP contribution in [0.3, 0.4) is 0 Å². The number of hydrogen-bond donors (Lipinski definition) is 0. The second-order valence-corrected chi connectivity index (χ2v) is 6.59. The van der Waals surface area contributed by atoms with Gasteiger partial charge in [-0.05, 0) is 17.7 Å². The summed E-state index contributed by atoms with van der Waals surface area (Å²) in [5.74, 6) is -1.29.